The van der Waals surface area contributed by atoms with Gasteiger partial charge in [-0.05, 0) is 12.2 Å². The summed E-state index contributed by atoms with van der Waals surface area (Å²) < 4.78 is 16.6. The molecule has 4 heteroatoms. The van der Waals surface area contributed by atoms with Crippen LogP contribution in [-0.4, -0.2) is 18.0 Å². The molecule has 0 radical (unpaired) electrons. The number of nitrogens with one attached hydrogen (secondary N) is 2. The summed E-state index contributed by atoms with van der Waals surface area (Å²) >= 11 is 0. The van der Waals surface area contributed by atoms with Crippen molar-refractivity contribution in [1.29, 1.82) is 10.8 Å². The van der Waals surface area contributed by atoms with E-state index in [1.54, 1.807) is 0 Å². The van der Waals surface area contributed by atoms with Crippen LogP contribution in [0, 0.1) is 10.8 Å². The first-order valence-electron chi connectivity index (χ1n) is 3.52. The van der Waals surface area contributed by atoms with E-state index in [1.807, 2.05) is 0 Å². The first-order valence-corrected chi connectivity index (χ1v) is 3.52. The Morgan fingerprint density at radius 3 is 2.83 bits per heavy atom. The molecule has 0 aromatic heterocycles. The van der Waals surface area contributed by atoms with Crippen LogP contribution in [0.4, 0.5) is 4.39 Å². The molecule has 1 saturated heterocycles. The topological polar surface area (TPSA) is 56.9 Å². The first kappa shape index (κ1) is 8.64. The zero-order valence-corrected chi connectivity index (χ0v) is 6.43. The highest BCUT2D eigenvalue weighted by atomic mass is 19.1. The van der Waals surface area contributed by atoms with Crippen molar-refractivity contribution in [1.82, 2.24) is 0 Å². The molecule has 12 heavy (non-hydrogen) atoms. The number of ether oxygens (including phenoxy) is 1. The van der Waals surface area contributed by atoms with E-state index in [-0.39, 0.29) is 17.2 Å². The molecule has 0 aliphatic carbocycles. The Balaban J connectivity index is 2.77. The molecular weight excluding hydrogens is 159 g/mol. The minimum absolute atomic E-state index is 0.0411. The highest BCUT2D eigenvalue weighted by Crippen LogP contribution is 2.10. The summed E-state index contributed by atoms with van der Waals surface area (Å²) in [6.07, 6.45) is 3.30. The molecule has 2 N–H and O–H groups in total. The van der Waals surface area contributed by atoms with Crippen LogP contribution in [0.25, 0.3) is 0 Å². The van der Waals surface area contributed by atoms with Gasteiger partial charge in [0, 0.05) is 6.42 Å². The van der Waals surface area contributed by atoms with Gasteiger partial charge in [0.25, 0.3) is 0 Å². The van der Waals surface area contributed by atoms with Crippen molar-refractivity contribution in [2.24, 2.45) is 0 Å². The molecule has 1 rings (SSSR count). The zero-order chi connectivity index (χ0) is 8.97. The monoisotopic (exact) mass is 168 g/mol. The molecule has 3 nitrogen and oxygen atoms in total. The normalized spacial score (nSPS) is 21.9. The lowest BCUT2D eigenvalue weighted by molar-refractivity contribution is 0.235. The average molecular weight is 168 g/mol. The van der Waals surface area contributed by atoms with Crippen LogP contribution in [0.1, 0.15) is 6.42 Å². The molecule has 0 spiro atoms. The fraction of sp³-hybridized carbons (Fsp3) is 0.250. The van der Waals surface area contributed by atoms with E-state index in [2.05, 4.69) is 0 Å². The maximum atomic E-state index is 11.6. The first-order chi connectivity index (χ1) is 5.75. The van der Waals surface area contributed by atoms with Gasteiger partial charge in [-0.2, -0.15) is 0 Å². The molecule has 0 amide bonds. The van der Waals surface area contributed by atoms with E-state index in [4.69, 9.17) is 15.6 Å². The number of halogens is 1. The van der Waals surface area contributed by atoms with Crippen molar-refractivity contribution >= 4 is 11.4 Å². The summed E-state index contributed by atoms with van der Waals surface area (Å²) in [7, 11) is 0. The summed E-state index contributed by atoms with van der Waals surface area (Å²) in [5.74, 6) is 0.264. The Morgan fingerprint density at radius 1 is 1.42 bits per heavy atom. The molecule has 0 saturated carbocycles. The summed E-state index contributed by atoms with van der Waals surface area (Å²) in [6.45, 7) is 0.396. The van der Waals surface area contributed by atoms with Crippen LogP contribution in [-0.2, 0) is 4.74 Å². The quantitative estimate of drug-likeness (QED) is 0.616. The highest BCUT2D eigenvalue weighted by Gasteiger charge is 2.17. The lowest BCUT2D eigenvalue weighted by Crippen LogP contribution is -2.24. The third-order valence-electron chi connectivity index (χ3n) is 1.48. The second-order valence-corrected chi connectivity index (χ2v) is 2.30. The van der Waals surface area contributed by atoms with E-state index in [1.165, 1.54) is 6.08 Å². The number of rotatable bonds is 1. The minimum Gasteiger partial charge on any atom is -0.491 e. The van der Waals surface area contributed by atoms with Gasteiger partial charge in [-0.15, -0.1) is 0 Å². The van der Waals surface area contributed by atoms with Gasteiger partial charge < -0.3 is 10.1 Å². The van der Waals surface area contributed by atoms with Gasteiger partial charge >= 0.3 is 0 Å². The van der Waals surface area contributed by atoms with Gasteiger partial charge in [0.05, 0.1) is 18.6 Å². The Labute approximate surface area is 69.6 Å². The standard InChI is InChI=1S/C8H9FN2O/c9-4-1-2-7-8(11)6(10)3-5-12-7/h1-2,4,10-11H,3,5H2/b4-1+,7-2+,10-6?,11-8?. The number of hydrogen-bond acceptors (Lipinski definition) is 3. The smallest absolute Gasteiger partial charge is 0.146 e. The van der Waals surface area contributed by atoms with Gasteiger partial charge in [0.1, 0.15) is 11.5 Å². The molecule has 0 aromatic carbocycles. The number of allylic oxidation sites excluding steroid dienone is 3. The maximum absolute atomic E-state index is 11.6. The van der Waals surface area contributed by atoms with E-state index < -0.39 is 0 Å². The molecule has 0 atom stereocenters. The van der Waals surface area contributed by atoms with Crippen LogP contribution in [0.3, 0.4) is 0 Å². The molecule has 0 aromatic rings. The molecule has 1 fully saturated rings. The molecule has 0 unspecified atom stereocenters. The molecule has 1 heterocycles. The fourth-order valence-corrected chi connectivity index (χ4v) is 0.864. The van der Waals surface area contributed by atoms with Crippen LogP contribution < -0.4 is 0 Å². The fourth-order valence-electron chi connectivity index (χ4n) is 0.864. The van der Waals surface area contributed by atoms with Crippen molar-refractivity contribution in [2.45, 2.75) is 6.42 Å². The SMILES string of the molecule is N=C1CCO/C(=C/C=C/F)C1=N. The minimum atomic E-state index is 0.0411. The van der Waals surface area contributed by atoms with Crippen molar-refractivity contribution in [3.8, 4) is 0 Å². The average Bonchev–Trinajstić information content (AvgIpc) is 2.08. The van der Waals surface area contributed by atoms with Crippen molar-refractivity contribution < 1.29 is 9.13 Å². The molecule has 0 bridgehead atoms. The second-order valence-electron chi connectivity index (χ2n) is 2.30. The van der Waals surface area contributed by atoms with Gasteiger partial charge in [0.2, 0.25) is 0 Å². The Kier molecular flexibility index (Phi) is 2.74. The molecule has 1 aliphatic heterocycles. The summed E-state index contributed by atoms with van der Waals surface area (Å²) in [5.41, 5.74) is 0.277. The second kappa shape index (κ2) is 3.80. The summed E-state index contributed by atoms with van der Waals surface area (Å²) in [4.78, 5) is 0. The van der Waals surface area contributed by atoms with E-state index >= 15 is 0 Å². The van der Waals surface area contributed by atoms with Crippen LogP contribution >= 0.6 is 0 Å². The molecular formula is C8H9FN2O. The van der Waals surface area contributed by atoms with Crippen molar-refractivity contribution in [3.63, 3.8) is 0 Å². The highest BCUT2D eigenvalue weighted by molar-refractivity contribution is 6.46. The third-order valence-corrected chi connectivity index (χ3v) is 1.48. The molecule has 64 valence electrons. The Bertz CT molecular complexity index is 268. The van der Waals surface area contributed by atoms with Gasteiger partial charge in [-0.1, -0.05) is 0 Å². The Hall–Kier alpha value is -1.45. The van der Waals surface area contributed by atoms with E-state index in [0.29, 0.717) is 19.4 Å². The maximum Gasteiger partial charge on any atom is 0.146 e. The summed E-state index contributed by atoms with van der Waals surface area (Å²) in [6, 6.07) is 0. The number of hydrogen-bond donors (Lipinski definition) is 2. The van der Waals surface area contributed by atoms with E-state index in [9.17, 15) is 4.39 Å². The molecule has 1 aliphatic rings. The van der Waals surface area contributed by atoms with Gasteiger partial charge in [0.15, 0.2) is 0 Å². The van der Waals surface area contributed by atoms with E-state index in [0.717, 1.165) is 6.08 Å². The van der Waals surface area contributed by atoms with Crippen LogP contribution in [0.15, 0.2) is 24.2 Å². The largest absolute Gasteiger partial charge is 0.491 e. The Morgan fingerprint density at radius 2 is 2.17 bits per heavy atom. The predicted octanol–water partition coefficient (Wildman–Crippen LogP) is 1.81. The third kappa shape index (κ3) is 1.78. The van der Waals surface area contributed by atoms with Gasteiger partial charge in [-0.3, -0.25) is 5.41 Å². The lowest BCUT2D eigenvalue weighted by Gasteiger charge is -2.17. The lowest BCUT2D eigenvalue weighted by atomic mass is 10.1. The summed E-state index contributed by atoms with van der Waals surface area (Å²) in [5, 5.41) is 14.7. The predicted molar refractivity (Wildman–Crippen MR) is 44.4 cm³/mol. The van der Waals surface area contributed by atoms with Crippen molar-refractivity contribution in [2.75, 3.05) is 6.61 Å². The van der Waals surface area contributed by atoms with Crippen LogP contribution in [0.5, 0.6) is 0 Å². The van der Waals surface area contributed by atoms with Gasteiger partial charge in [-0.25, -0.2) is 4.39 Å². The van der Waals surface area contributed by atoms with Crippen molar-refractivity contribution in [3.05, 3.63) is 24.2 Å². The van der Waals surface area contributed by atoms with Crippen LogP contribution in [0.2, 0.25) is 0 Å². The zero-order valence-electron chi connectivity index (χ0n) is 6.43.